The van der Waals surface area contributed by atoms with Gasteiger partial charge in [0.15, 0.2) is 0 Å². The highest BCUT2D eigenvalue weighted by atomic mass is 32.2. The van der Waals surface area contributed by atoms with Crippen molar-refractivity contribution in [3.05, 3.63) is 59.9 Å². The molecule has 0 N–H and O–H groups in total. The lowest BCUT2D eigenvalue weighted by molar-refractivity contribution is -0.118. The SMILES string of the molecule is CSCc1nc2ccccc2n1CC(=O)N(C)c1cccc(C)c1. The Morgan fingerprint density at radius 3 is 2.75 bits per heavy atom. The number of aryl methyl sites for hydroxylation is 1. The number of likely N-dealkylation sites (N-methyl/N-ethyl adjacent to an activating group) is 1. The Morgan fingerprint density at radius 2 is 2.00 bits per heavy atom. The zero-order valence-corrected chi connectivity index (χ0v) is 15.0. The lowest BCUT2D eigenvalue weighted by atomic mass is 10.2. The zero-order valence-electron chi connectivity index (χ0n) is 14.2. The third-order valence-corrected chi connectivity index (χ3v) is 4.61. The molecule has 0 aliphatic carbocycles. The van der Waals surface area contributed by atoms with Gasteiger partial charge in [-0.05, 0) is 43.0 Å². The molecule has 3 rings (SSSR count). The molecule has 1 aromatic heterocycles. The Morgan fingerprint density at radius 1 is 1.21 bits per heavy atom. The molecule has 24 heavy (non-hydrogen) atoms. The van der Waals surface area contributed by atoms with Crippen LogP contribution < -0.4 is 4.90 Å². The number of rotatable bonds is 5. The highest BCUT2D eigenvalue weighted by molar-refractivity contribution is 7.97. The van der Waals surface area contributed by atoms with Gasteiger partial charge in [0.1, 0.15) is 12.4 Å². The third-order valence-electron chi connectivity index (χ3n) is 4.06. The number of aromatic nitrogens is 2. The van der Waals surface area contributed by atoms with Crippen LogP contribution in [-0.2, 0) is 17.1 Å². The average Bonchev–Trinajstić information content (AvgIpc) is 2.92. The predicted octanol–water partition coefficient (Wildman–Crippen LogP) is 3.87. The second-order valence-electron chi connectivity index (χ2n) is 5.83. The first kappa shape index (κ1) is 16.6. The number of nitrogens with zero attached hydrogens (tertiary/aromatic N) is 3. The lowest BCUT2D eigenvalue weighted by Crippen LogP contribution is -2.30. The molecule has 3 aromatic rings. The fourth-order valence-electron chi connectivity index (χ4n) is 2.76. The van der Waals surface area contributed by atoms with Crippen molar-refractivity contribution in [1.82, 2.24) is 9.55 Å². The minimum Gasteiger partial charge on any atom is -0.318 e. The van der Waals surface area contributed by atoms with Crippen molar-refractivity contribution in [1.29, 1.82) is 0 Å². The monoisotopic (exact) mass is 339 g/mol. The Balaban J connectivity index is 1.91. The summed E-state index contributed by atoms with van der Waals surface area (Å²) in [5.41, 5.74) is 4.00. The maximum atomic E-state index is 12.8. The van der Waals surface area contributed by atoms with Gasteiger partial charge in [-0.1, -0.05) is 24.3 Å². The summed E-state index contributed by atoms with van der Waals surface area (Å²) in [5, 5.41) is 0. The molecule has 1 heterocycles. The molecule has 0 aliphatic rings. The van der Waals surface area contributed by atoms with Crippen molar-refractivity contribution in [2.24, 2.45) is 0 Å². The quantitative estimate of drug-likeness (QED) is 0.708. The summed E-state index contributed by atoms with van der Waals surface area (Å²) in [4.78, 5) is 19.2. The summed E-state index contributed by atoms with van der Waals surface area (Å²) in [6.45, 7) is 2.32. The molecule has 4 nitrogen and oxygen atoms in total. The van der Waals surface area contributed by atoms with Crippen LogP contribution in [0.3, 0.4) is 0 Å². The van der Waals surface area contributed by atoms with Gasteiger partial charge in [0.2, 0.25) is 5.91 Å². The number of imidazole rings is 1. The second-order valence-corrected chi connectivity index (χ2v) is 6.69. The Kier molecular flexibility index (Phi) is 4.90. The molecule has 2 aromatic carbocycles. The van der Waals surface area contributed by atoms with Gasteiger partial charge in [-0.2, -0.15) is 11.8 Å². The smallest absolute Gasteiger partial charge is 0.246 e. The fraction of sp³-hybridized carbons (Fsp3) is 0.263. The number of thioether (sulfide) groups is 1. The Labute approximate surface area is 146 Å². The van der Waals surface area contributed by atoms with Crippen molar-refractivity contribution >= 4 is 34.4 Å². The van der Waals surface area contributed by atoms with E-state index in [1.807, 2.05) is 73.3 Å². The van der Waals surface area contributed by atoms with E-state index in [1.165, 1.54) is 0 Å². The highest BCUT2D eigenvalue weighted by Gasteiger charge is 2.16. The van der Waals surface area contributed by atoms with Crippen LogP contribution in [0.25, 0.3) is 11.0 Å². The Bertz CT molecular complexity index is 872. The number of carbonyl (C=O) groups excluding carboxylic acids is 1. The van der Waals surface area contributed by atoms with Crippen molar-refractivity contribution < 1.29 is 4.79 Å². The summed E-state index contributed by atoms with van der Waals surface area (Å²) < 4.78 is 2.03. The van der Waals surface area contributed by atoms with Crippen LogP contribution in [0.5, 0.6) is 0 Å². The summed E-state index contributed by atoms with van der Waals surface area (Å²) in [6, 6.07) is 16.0. The van der Waals surface area contributed by atoms with E-state index in [0.717, 1.165) is 33.9 Å². The van der Waals surface area contributed by atoms with Crippen LogP contribution in [0.4, 0.5) is 5.69 Å². The third kappa shape index (κ3) is 3.31. The van der Waals surface area contributed by atoms with E-state index in [9.17, 15) is 4.79 Å². The van der Waals surface area contributed by atoms with Crippen LogP contribution in [0.2, 0.25) is 0 Å². The van der Waals surface area contributed by atoms with Gasteiger partial charge in [-0.15, -0.1) is 0 Å². The molecule has 0 atom stereocenters. The maximum Gasteiger partial charge on any atom is 0.246 e. The van der Waals surface area contributed by atoms with E-state index < -0.39 is 0 Å². The number of benzene rings is 2. The van der Waals surface area contributed by atoms with E-state index in [0.29, 0.717) is 6.54 Å². The summed E-state index contributed by atoms with van der Waals surface area (Å²) in [6.07, 6.45) is 2.05. The molecule has 5 heteroatoms. The van der Waals surface area contributed by atoms with Crippen LogP contribution >= 0.6 is 11.8 Å². The number of hydrogen-bond acceptors (Lipinski definition) is 3. The van der Waals surface area contributed by atoms with E-state index >= 15 is 0 Å². The van der Waals surface area contributed by atoms with Gasteiger partial charge in [0.25, 0.3) is 0 Å². The standard InChI is InChI=1S/C19H21N3OS/c1-14-7-6-8-15(11-14)21(2)19(23)12-22-17-10-5-4-9-16(17)20-18(22)13-24-3/h4-11H,12-13H2,1-3H3. The molecule has 0 aliphatic heterocycles. The molecular formula is C19H21N3OS. The van der Waals surface area contributed by atoms with Gasteiger partial charge in [-0.3, -0.25) is 4.79 Å². The number of hydrogen-bond donors (Lipinski definition) is 0. The zero-order chi connectivity index (χ0) is 17.1. The molecule has 0 fully saturated rings. The fourth-order valence-corrected chi connectivity index (χ4v) is 3.24. The molecule has 0 saturated carbocycles. The van der Waals surface area contributed by atoms with Crippen molar-refractivity contribution in [2.45, 2.75) is 19.2 Å². The second kappa shape index (κ2) is 7.09. The van der Waals surface area contributed by atoms with Gasteiger partial charge in [-0.25, -0.2) is 4.98 Å². The minimum absolute atomic E-state index is 0.0473. The molecule has 0 radical (unpaired) electrons. The molecule has 124 valence electrons. The van der Waals surface area contributed by atoms with Crippen molar-refractivity contribution in [2.75, 3.05) is 18.2 Å². The number of amides is 1. The van der Waals surface area contributed by atoms with Crippen LogP contribution in [0, 0.1) is 6.92 Å². The predicted molar refractivity (Wildman–Crippen MR) is 102 cm³/mol. The normalized spacial score (nSPS) is 11.0. The molecule has 0 bridgehead atoms. The van der Waals surface area contributed by atoms with Gasteiger partial charge in [0, 0.05) is 12.7 Å². The first-order valence-electron chi connectivity index (χ1n) is 7.86. The number of carbonyl (C=O) groups is 1. The summed E-state index contributed by atoms with van der Waals surface area (Å²) in [7, 11) is 1.82. The first-order chi connectivity index (χ1) is 11.6. The Hall–Kier alpha value is -2.27. The van der Waals surface area contributed by atoms with E-state index in [1.54, 1.807) is 16.7 Å². The van der Waals surface area contributed by atoms with Crippen LogP contribution in [-0.4, -0.2) is 28.8 Å². The summed E-state index contributed by atoms with van der Waals surface area (Å²) >= 11 is 1.71. The van der Waals surface area contributed by atoms with Gasteiger partial charge in [0.05, 0.1) is 16.8 Å². The molecule has 0 saturated heterocycles. The molecular weight excluding hydrogens is 318 g/mol. The molecule has 1 amide bonds. The molecule has 0 unspecified atom stereocenters. The topological polar surface area (TPSA) is 38.1 Å². The summed E-state index contributed by atoms with van der Waals surface area (Å²) in [5.74, 6) is 1.77. The van der Waals surface area contributed by atoms with E-state index in [2.05, 4.69) is 4.98 Å². The van der Waals surface area contributed by atoms with Crippen molar-refractivity contribution in [3.8, 4) is 0 Å². The maximum absolute atomic E-state index is 12.8. The minimum atomic E-state index is 0.0473. The molecule has 0 spiro atoms. The lowest BCUT2D eigenvalue weighted by Gasteiger charge is -2.19. The van der Waals surface area contributed by atoms with Crippen LogP contribution in [0.15, 0.2) is 48.5 Å². The number of para-hydroxylation sites is 2. The number of anilines is 1. The highest BCUT2D eigenvalue weighted by Crippen LogP contribution is 2.20. The van der Waals surface area contributed by atoms with Gasteiger partial charge >= 0.3 is 0 Å². The van der Waals surface area contributed by atoms with E-state index in [-0.39, 0.29) is 5.91 Å². The van der Waals surface area contributed by atoms with E-state index in [4.69, 9.17) is 0 Å². The first-order valence-corrected chi connectivity index (χ1v) is 9.26. The van der Waals surface area contributed by atoms with Gasteiger partial charge < -0.3 is 9.47 Å². The average molecular weight is 339 g/mol. The number of fused-ring (bicyclic) bond motifs is 1. The largest absolute Gasteiger partial charge is 0.318 e. The van der Waals surface area contributed by atoms with Crippen molar-refractivity contribution in [3.63, 3.8) is 0 Å². The van der Waals surface area contributed by atoms with Crippen LogP contribution in [0.1, 0.15) is 11.4 Å².